The quantitative estimate of drug-likeness (QED) is 0.548. The van der Waals surface area contributed by atoms with E-state index in [9.17, 15) is 4.79 Å². The van der Waals surface area contributed by atoms with Crippen molar-refractivity contribution in [1.29, 1.82) is 0 Å². The van der Waals surface area contributed by atoms with Crippen molar-refractivity contribution in [3.63, 3.8) is 0 Å². The molecule has 0 atom stereocenters. The molecule has 1 aliphatic carbocycles. The van der Waals surface area contributed by atoms with E-state index in [4.69, 9.17) is 9.47 Å². The van der Waals surface area contributed by atoms with Gasteiger partial charge in [-0.15, -0.1) is 0 Å². The molecule has 3 nitrogen and oxygen atoms in total. The Kier molecular flexibility index (Phi) is 4.21. The third-order valence-electron chi connectivity index (χ3n) is 3.75. The number of hydrogen-bond acceptors (Lipinski definition) is 3. The maximum Gasteiger partial charge on any atom is 0.330 e. The van der Waals surface area contributed by atoms with Gasteiger partial charge in [-0.25, -0.2) is 4.79 Å². The Morgan fingerprint density at radius 1 is 1.41 bits per heavy atom. The molecule has 2 aliphatic rings. The van der Waals surface area contributed by atoms with Gasteiger partial charge in [-0.3, -0.25) is 0 Å². The van der Waals surface area contributed by atoms with Crippen LogP contribution in [0, 0.1) is 0 Å². The van der Waals surface area contributed by atoms with E-state index in [1.165, 1.54) is 24.8 Å². The molecule has 1 saturated heterocycles. The summed E-state index contributed by atoms with van der Waals surface area (Å²) in [7, 11) is 0. The molecule has 0 radical (unpaired) electrons. The molecule has 1 heterocycles. The van der Waals surface area contributed by atoms with Crippen molar-refractivity contribution in [2.24, 2.45) is 0 Å². The van der Waals surface area contributed by atoms with Crippen molar-refractivity contribution in [3.05, 3.63) is 11.6 Å². The average Bonchev–Trinajstić information content (AvgIpc) is 2.30. The molecule has 17 heavy (non-hydrogen) atoms. The van der Waals surface area contributed by atoms with E-state index in [1.54, 1.807) is 6.08 Å². The fourth-order valence-electron chi connectivity index (χ4n) is 2.94. The summed E-state index contributed by atoms with van der Waals surface area (Å²) in [5.41, 5.74) is 1.24. The maximum absolute atomic E-state index is 11.4. The van der Waals surface area contributed by atoms with Crippen LogP contribution in [-0.2, 0) is 14.3 Å². The topological polar surface area (TPSA) is 35.5 Å². The van der Waals surface area contributed by atoms with E-state index in [1.807, 2.05) is 6.92 Å². The minimum Gasteiger partial charge on any atom is -0.463 e. The van der Waals surface area contributed by atoms with E-state index in [0.29, 0.717) is 6.61 Å². The van der Waals surface area contributed by atoms with Crippen LogP contribution in [0.3, 0.4) is 0 Å². The summed E-state index contributed by atoms with van der Waals surface area (Å²) in [6.45, 7) is 3.04. The Morgan fingerprint density at radius 3 is 2.88 bits per heavy atom. The second-order valence-corrected chi connectivity index (χ2v) is 5.07. The molecule has 0 amide bonds. The molecule has 1 spiro atoms. The van der Waals surface area contributed by atoms with E-state index < -0.39 is 0 Å². The van der Waals surface area contributed by atoms with Gasteiger partial charge in [0.15, 0.2) is 0 Å². The molecule has 0 unspecified atom stereocenters. The standard InChI is InChI=1S/C14H22O3/c1-2-16-13(15)10-12-6-9-17-14(11-12)7-4-3-5-8-14/h10H,2-9,11H2,1H3/b12-10-. The van der Waals surface area contributed by atoms with Crippen LogP contribution < -0.4 is 0 Å². The van der Waals surface area contributed by atoms with Crippen molar-refractivity contribution in [3.8, 4) is 0 Å². The Labute approximate surface area is 103 Å². The number of carbonyl (C=O) groups excluding carboxylic acids is 1. The van der Waals surface area contributed by atoms with Crippen molar-refractivity contribution < 1.29 is 14.3 Å². The molecule has 0 aromatic heterocycles. The lowest BCUT2D eigenvalue weighted by Gasteiger charge is -2.41. The second-order valence-electron chi connectivity index (χ2n) is 5.07. The van der Waals surface area contributed by atoms with Gasteiger partial charge in [-0.05, 0) is 32.6 Å². The lowest BCUT2D eigenvalue weighted by Crippen LogP contribution is -2.39. The predicted molar refractivity (Wildman–Crippen MR) is 65.7 cm³/mol. The largest absolute Gasteiger partial charge is 0.463 e. The Hall–Kier alpha value is -0.830. The molecule has 0 N–H and O–H groups in total. The summed E-state index contributed by atoms with van der Waals surface area (Å²) >= 11 is 0. The van der Waals surface area contributed by atoms with Gasteiger partial charge in [0.2, 0.25) is 0 Å². The third kappa shape index (κ3) is 3.32. The highest BCUT2D eigenvalue weighted by Crippen LogP contribution is 2.40. The Morgan fingerprint density at radius 2 is 2.18 bits per heavy atom. The molecule has 1 saturated carbocycles. The van der Waals surface area contributed by atoms with Crippen LogP contribution in [-0.4, -0.2) is 24.8 Å². The average molecular weight is 238 g/mol. The van der Waals surface area contributed by atoms with Gasteiger partial charge in [0.1, 0.15) is 0 Å². The van der Waals surface area contributed by atoms with Crippen LogP contribution >= 0.6 is 0 Å². The van der Waals surface area contributed by atoms with E-state index >= 15 is 0 Å². The fourth-order valence-corrected chi connectivity index (χ4v) is 2.94. The number of esters is 1. The lowest BCUT2D eigenvalue weighted by atomic mass is 9.78. The second kappa shape index (κ2) is 5.67. The molecule has 3 heteroatoms. The molecule has 0 bridgehead atoms. The molecular formula is C14H22O3. The molecule has 0 aromatic carbocycles. The number of ether oxygens (including phenoxy) is 2. The molecule has 2 rings (SSSR count). The summed E-state index contributed by atoms with van der Waals surface area (Å²) in [6, 6.07) is 0. The highest BCUT2D eigenvalue weighted by Gasteiger charge is 2.36. The SMILES string of the molecule is CCOC(=O)/C=C1/CCOC2(CCCCC2)C1. The summed E-state index contributed by atoms with van der Waals surface area (Å²) in [6.07, 6.45) is 9.61. The Balaban J connectivity index is 1.98. The van der Waals surface area contributed by atoms with Crippen LogP contribution in [0.25, 0.3) is 0 Å². The van der Waals surface area contributed by atoms with Crippen LogP contribution in [0.2, 0.25) is 0 Å². The summed E-state index contributed by atoms with van der Waals surface area (Å²) in [5, 5.41) is 0. The first-order valence-corrected chi connectivity index (χ1v) is 6.74. The van der Waals surface area contributed by atoms with Gasteiger partial charge in [-0.1, -0.05) is 24.8 Å². The molecular weight excluding hydrogens is 216 g/mol. The van der Waals surface area contributed by atoms with Gasteiger partial charge in [0.05, 0.1) is 18.8 Å². The highest BCUT2D eigenvalue weighted by molar-refractivity contribution is 5.82. The van der Waals surface area contributed by atoms with Crippen molar-refractivity contribution in [1.82, 2.24) is 0 Å². The molecule has 1 aliphatic heterocycles. The summed E-state index contributed by atoms with van der Waals surface area (Å²) in [5.74, 6) is -0.199. The Bertz CT molecular complexity index is 295. The van der Waals surface area contributed by atoms with Gasteiger partial charge >= 0.3 is 5.97 Å². The number of carbonyl (C=O) groups is 1. The van der Waals surface area contributed by atoms with Gasteiger partial charge in [0, 0.05) is 6.08 Å². The first-order valence-electron chi connectivity index (χ1n) is 6.74. The van der Waals surface area contributed by atoms with E-state index in [-0.39, 0.29) is 11.6 Å². The highest BCUT2D eigenvalue weighted by atomic mass is 16.5. The first kappa shape index (κ1) is 12.6. The minimum atomic E-state index is -0.199. The third-order valence-corrected chi connectivity index (χ3v) is 3.75. The monoisotopic (exact) mass is 238 g/mol. The summed E-state index contributed by atoms with van der Waals surface area (Å²) < 4.78 is 10.9. The maximum atomic E-state index is 11.4. The number of hydrogen-bond donors (Lipinski definition) is 0. The molecule has 0 aromatic rings. The lowest BCUT2D eigenvalue weighted by molar-refractivity contribution is -0.137. The van der Waals surface area contributed by atoms with Crippen LogP contribution in [0.1, 0.15) is 51.9 Å². The number of rotatable bonds is 2. The van der Waals surface area contributed by atoms with Crippen LogP contribution in [0.5, 0.6) is 0 Å². The van der Waals surface area contributed by atoms with Crippen molar-refractivity contribution >= 4 is 5.97 Å². The predicted octanol–water partition coefficient (Wildman–Crippen LogP) is 2.99. The normalized spacial score (nSPS) is 26.1. The fraction of sp³-hybridized carbons (Fsp3) is 0.786. The zero-order chi connectivity index (χ0) is 12.1. The molecule has 2 fully saturated rings. The van der Waals surface area contributed by atoms with Gasteiger partial charge < -0.3 is 9.47 Å². The first-order chi connectivity index (χ1) is 8.24. The summed E-state index contributed by atoms with van der Waals surface area (Å²) in [4.78, 5) is 11.4. The van der Waals surface area contributed by atoms with E-state index in [2.05, 4.69) is 0 Å². The minimum absolute atomic E-state index is 0.0365. The molecule has 96 valence electrons. The zero-order valence-electron chi connectivity index (χ0n) is 10.7. The van der Waals surface area contributed by atoms with Gasteiger partial charge in [-0.2, -0.15) is 0 Å². The van der Waals surface area contributed by atoms with Crippen molar-refractivity contribution in [2.45, 2.75) is 57.5 Å². The van der Waals surface area contributed by atoms with Crippen LogP contribution in [0.15, 0.2) is 11.6 Å². The van der Waals surface area contributed by atoms with Crippen molar-refractivity contribution in [2.75, 3.05) is 13.2 Å². The zero-order valence-corrected chi connectivity index (χ0v) is 10.7. The smallest absolute Gasteiger partial charge is 0.330 e. The van der Waals surface area contributed by atoms with Crippen LogP contribution in [0.4, 0.5) is 0 Å². The van der Waals surface area contributed by atoms with Gasteiger partial charge in [0.25, 0.3) is 0 Å². The van der Waals surface area contributed by atoms with E-state index in [0.717, 1.165) is 32.3 Å².